The molecule has 2 aliphatic heterocycles. The van der Waals surface area contributed by atoms with Crippen molar-refractivity contribution in [3.63, 3.8) is 0 Å². The monoisotopic (exact) mass is 328 g/mol. The summed E-state index contributed by atoms with van der Waals surface area (Å²) >= 11 is 1.71. The number of carbonyl (C=O) groups is 2. The molecule has 2 saturated heterocycles. The summed E-state index contributed by atoms with van der Waals surface area (Å²) in [6, 6.07) is 9.29. The maximum atomic E-state index is 12.6. The highest BCUT2D eigenvalue weighted by atomic mass is 32.2. The third-order valence-electron chi connectivity index (χ3n) is 4.31. The van der Waals surface area contributed by atoms with Crippen LogP contribution in [-0.2, 0) is 11.3 Å². The molecule has 0 radical (unpaired) electrons. The van der Waals surface area contributed by atoms with Crippen molar-refractivity contribution in [2.75, 3.05) is 11.5 Å². The molecule has 3 amide bonds. The largest absolute Gasteiger partial charge is 0.325 e. The summed E-state index contributed by atoms with van der Waals surface area (Å²) in [5.74, 6) is 1.49. The van der Waals surface area contributed by atoms with Crippen LogP contribution in [0.15, 0.2) is 42.7 Å². The number of amides is 3. The SMILES string of the molecule is O=C1N[C@]2(CCSC2)C(=O)N1Cc1ccc(-n2cccn2)cc1. The van der Waals surface area contributed by atoms with E-state index in [2.05, 4.69) is 10.4 Å². The molecule has 23 heavy (non-hydrogen) atoms. The van der Waals surface area contributed by atoms with Gasteiger partial charge in [-0.05, 0) is 35.9 Å². The average molecular weight is 328 g/mol. The van der Waals surface area contributed by atoms with Gasteiger partial charge < -0.3 is 5.32 Å². The van der Waals surface area contributed by atoms with Crippen LogP contribution in [0.1, 0.15) is 12.0 Å². The van der Waals surface area contributed by atoms with Crippen LogP contribution in [-0.4, -0.2) is 43.7 Å². The zero-order chi connectivity index (χ0) is 15.9. The number of nitrogens with zero attached hydrogens (tertiary/aromatic N) is 3. The summed E-state index contributed by atoms with van der Waals surface area (Å²) in [6.45, 7) is 0.302. The van der Waals surface area contributed by atoms with Gasteiger partial charge in [-0.2, -0.15) is 16.9 Å². The van der Waals surface area contributed by atoms with Gasteiger partial charge in [0.25, 0.3) is 5.91 Å². The van der Waals surface area contributed by atoms with Crippen molar-refractivity contribution < 1.29 is 9.59 Å². The predicted octanol–water partition coefficient (Wildman–Crippen LogP) is 1.80. The molecule has 1 atom stereocenters. The van der Waals surface area contributed by atoms with Crippen molar-refractivity contribution in [1.82, 2.24) is 20.0 Å². The van der Waals surface area contributed by atoms with E-state index in [-0.39, 0.29) is 11.9 Å². The molecule has 7 heteroatoms. The van der Waals surface area contributed by atoms with E-state index in [1.807, 2.05) is 36.5 Å². The molecule has 1 aromatic carbocycles. The number of benzene rings is 1. The summed E-state index contributed by atoms with van der Waals surface area (Å²) in [5, 5.41) is 7.06. The Balaban J connectivity index is 1.52. The van der Waals surface area contributed by atoms with Gasteiger partial charge in [0.05, 0.1) is 12.2 Å². The first kappa shape index (κ1) is 14.3. The van der Waals surface area contributed by atoms with Gasteiger partial charge >= 0.3 is 6.03 Å². The number of carbonyl (C=O) groups excluding carboxylic acids is 2. The van der Waals surface area contributed by atoms with E-state index in [4.69, 9.17) is 0 Å². The van der Waals surface area contributed by atoms with Gasteiger partial charge in [-0.1, -0.05) is 12.1 Å². The molecule has 2 aliphatic rings. The second-order valence-corrected chi connectivity index (χ2v) is 6.93. The van der Waals surface area contributed by atoms with Crippen LogP contribution in [0, 0.1) is 0 Å². The molecule has 3 heterocycles. The van der Waals surface area contributed by atoms with Crippen molar-refractivity contribution in [3.8, 4) is 5.69 Å². The van der Waals surface area contributed by atoms with Gasteiger partial charge in [0.1, 0.15) is 5.54 Å². The van der Waals surface area contributed by atoms with Crippen LogP contribution < -0.4 is 5.32 Å². The summed E-state index contributed by atoms with van der Waals surface area (Å²) in [4.78, 5) is 26.1. The lowest BCUT2D eigenvalue weighted by Gasteiger charge is -2.19. The Bertz CT molecular complexity index is 736. The van der Waals surface area contributed by atoms with Gasteiger partial charge in [-0.25, -0.2) is 9.48 Å². The van der Waals surface area contributed by atoms with Crippen LogP contribution in [0.4, 0.5) is 4.79 Å². The number of nitrogens with one attached hydrogen (secondary N) is 1. The number of aromatic nitrogens is 2. The standard InChI is InChI=1S/C16H16N4O2S/c21-14-16(6-9-23-11-16)18-15(22)19(14)10-12-2-4-13(5-3-12)20-8-1-7-17-20/h1-5,7-8H,6,9-11H2,(H,18,22)/t16-/m0/s1. The van der Waals surface area contributed by atoms with E-state index in [0.717, 1.165) is 23.4 Å². The van der Waals surface area contributed by atoms with E-state index < -0.39 is 5.54 Å². The second-order valence-electron chi connectivity index (χ2n) is 5.82. The number of thioether (sulfide) groups is 1. The molecule has 2 aromatic rings. The number of hydrogen-bond donors (Lipinski definition) is 1. The molecular formula is C16H16N4O2S. The molecular weight excluding hydrogens is 312 g/mol. The van der Waals surface area contributed by atoms with Crippen molar-refractivity contribution >= 4 is 23.7 Å². The third kappa shape index (κ3) is 2.41. The van der Waals surface area contributed by atoms with E-state index in [1.54, 1.807) is 22.6 Å². The summed E-state index contributed by atoms with van der Waals surface area (Å²) in [5.41, 5.74) is 1.20. The molecule has 0 unspecified atom stereocenters. The molecule has 0 bridgehead atoms. The molecule has 0 aliphatic carbocycles. The molecule has 1 aromatic heterocycles. The third-order valence-corrected chi connectivity index (χ3v) is 5.50. The van der Waals surface area contributed by atoms with Gasteiger partial charge in [0, 0.05) is 18.1 Å². The fourth-order valence-electron chi connectivity index (χ4n) is 3.01. The Kier molecular flexibility index (Phi) is 3.37. The topological polar surface area (TPSA) is 67.2 Å². The minimum Gasteiger partial charge on any atom is -0.322 e. The van der Waals surface area contributed by atoms with Crippen LogP contribution >= 0.6 is 11.8 Å². The molecule has 6 nitrogen and oxygen atoms in total. The molecule has 0 saturated carbocycles. The molecule has 118 valence electrons. The zero-order valence-corrected chi connectivity index (χ0v) is 13.3. The van der Waals surface area contributed by atoms with Crippen molar-refractivity contribution in [2.45, 2.75) is 18.5 Å². The van der Waals surface area contributed by atoms with Gasteiger partial charge in [-0.15, -0.1) is 0 Å². The first-order chi connectivity index (χ1) is 11.2. The molecule has 1 spiro atoms. The maximum Gasteiger partial charge on any atom is 0.325 e. The fourth-order valence-corrected chi connectivity index (χ4v) is 4.34. The normalized spacial score (nSPS) is 23.7. The maximum absolute atomic E-state index is 12.6. The molecule has 1 N–H and O–H groups in total. The smallest absolute Gasteiger partial charge is 0.322 e. The number of imide groups is 1. The van der Waals surface area contributed by atoms with Gasteiger partial charge in [-0.3, -0.25) is 9.69 Å². The van der Waals surface area contributed by atoms with E-state index in [1.165, 1.54) is 4.90 Å². The quantitative estimate of drug-likeness (QED) is 0.873. The highest BCUT2D eigenvalue weighted by molar-refractivity contribution is 7.99. The summed E-state index contributed by atoms with van der Waals surface area (Å²) < 4.78 is 1.77. The van der Waals surface area contributed by atoms with E-state index >= 15 is 0 Å². The van der Waals surface area contributed by atoms with Crippen LogP contribution in [0.5, 0.6) is 0 Å². The van der Waals surface area contributed by atoms with E-state index in [0.29, 0.717) is 12.3 Å². The number of rotatable bonds is 3. The summed E-state index contributed by atoms with van der Waals surface area (Å²) in [7, 11) is 0. The highest BCUT2D eigenvalue weighted by Gasteiger charge is 2.52. The van der Waals surface area contributed by atoms with Crippen LogP contribution in [0.2, 0.25) is 0 Å². The molecule has 2 fully saturated rings. The van der Waals surface area contributed by atoms with Crippen molar-refractivity contribution in [3.05, 3.63) is 48.3 Å². The molecule has 4 rings (SSSR count). The fraction of sp³-hybridized carbons (Fsp3) is 0.312. The lowest BCUT2D eigenvalue weighted by molar-refractivity contribution is -0.130. The number of hydrogen-bond acceptors (Lipinski definition) is 4. The lowest BCUT2D eigenvalue weighted by Crippen LogP contribution is -2.46. The minimum atomic E-state index is -0.670. The van der Waals surface area contributed by atoms with Gasteiger partial charge in [0.2, 0.25) is 0 Å². The Morgan fingerprint density at radius 1 is 1.26 bits per heavy atom. The second kappa shape index (κ2) is 5.42. The Labute approximate surface area is 137 Å². The minimum absolute atomic E-state index is 0.0938. The van der Waals surface area contributed by atoms with Crippen LogP contribution in [0.25, 0.3) is 5.69 Å². The first-order valence-electron chi connectivity index (χ1n) is 7.49. The van der Waals surface area contributed by atoms with Crippen molar-refractivity contribution in [2.24, 2.45) is 0 Å². The predicted molar refractivity (Wildman–Crippen MR) is 87.3 cm³/mol. The lowest BCUT2D eigenvalue weighted by atomic mass is 9.99. The Hall–Kier alpha value is -2.28. The highest BCUT2D eigenvalue weighted by Crippen LogP contribution is 2.33. The van der Waals surface area contributed by atoms with E-state index in [9.17, 15) is 9.59 Å². The summed E-state index contributed by atoms with van der Waals surface area (Å²) in [6.07, 6.45) is 4.31. The Morgan fingerprint density at radius 3 is 2.74 bits per heavy atom. The van der Waals surface area contributed by atoms with Gasteiger partial charge in [0.15, 0.2) is 0 Å². The van der Waals surface area contributed by atoms with Crippen LogP contribution in [0.3, 0.4) is 0 Å². The average Bonchev–Trinajstić information content (AvgIpc) is 3.28. The first-order valence-corrected chi connectivity index (χ1v) is 8.64. The Morgan fingerprint density at radius 2 is 2.09 bits per heavy atom. The van der Waals surface area contributed by atoms with Crippen molar-refractivity contribution in [1.29, 1.82) is 0 Å². The number of urea groups is 1. The zero-order valence-electron chi connectivity index (χ0n) is 12.4.